The van der Waals surface area contributed by atoms with Crippen molar-refractivity contribution in [2.24, 2.45) is 0 Å². The molecule has 3 heteroatoms. The van der Waals surface area contributed by atoms with Crippen molar-refractivity contribution >= 4 is 5.78 Å². The number of Topliss-reactive ketones (excluding diaryl/α,β-unsaturated/α-hetero) is 1. The molecule has 3 nitrogen and oxygen atoms in total. The lowest BCUT2D eigenvalue weighted by Gasteiger charge is -2.02. The molecular formula is C15H16N2O. The molecule has 92 valence electrons. The maximum atomic E-state index is 12.0. The Bertz CT molecular complexity index is 529. The molecule has 2 rings (SSSR count). The summed E-state index contributed by atoms with van der Waals surface area (Å²) in [6, 6.07) is 8.11. The molecule has 2 aromatic rings. The third kappa shape index (κ3) is 3.00. The molecule has 0 bridgehead atoms. The van der Waals surface area contributed by atoms with E-state index in [1.165, 1.54) is 11.8 Å². The van der Waals surface area contributed by atoms with Crippen LogP contribution in [0, 0.1) is 6.92 Å². The van der Waals surface area contributed by atoms with Crippen LogP contribution in [0.2, 0.25) is 0 Å². The van der Waals surface area contributed by atoms with Crippen molar-refractivity contribution in [2.45, 2.75) is 26.7 Å². The Labute approximate surface area is 107 Å². The van der Waals surface area contributed by atoms with Gasteiger partial charge in [0, 0.05) is 12.6 Å². The molecule has 0 aliphatic rings. The summed E-state index contributed by atoms with van der Waals surface area (Å²) in [6.45, 7) is 3.97. The summed E-state index contributed by atoms with van der Waals surface area (Å²) in [4.78, 5) is 20.2. The molecule has 0 unspecified atom stereocenters. The van der Waals surface area contributed by atoms with E-state index in [9.17, 15) is 4.79 Å². The second-order valence-electron chi connectivity index (χ2n) is 4.31. The second-order valence-corrected chi connectivity index (χ2v) is 4.31. The van der Waals surface area contributed by atoms with Gasteiger partial charge in [-0.05, 0) is 24.5 Å². The van der Waals surface area contributed by atoms with Crippen molar-refractivity contribution < 1.29 is 4.79 Å². The van der Waals surface area contributed by atoms with Gasteiger partial charge in [-0.15, -0.1) is 0 Å². The summed E-state index contributed by atoms with van der Waals surface area (Å²) in [6.07, 6.45) is 4.55. The average molecular weight is 240 g/mol. The number of carbonyl (C=O) groups is 1. The van der Waals surface area contributed by atoms with Crippen LogP contribution in [0.15, 0.2) is 36.7 Å². The first-order valence-corrected chi connectivity index (χ1v) is 6.08. The molecule has 0 fully saturated rings. The normalized spacial score (nSPS) is 10.3. The van der Waals surface area contributed by atoms with Crippen LogP contribution in [0.5, 0.6) is 0 Å². The Kier molecular flexibility index (Phi) is 3.82. The van der Waals surface area contributed by atoms with Gasteiger partial charge in [-0.3, -0.25) is 9.78 Å². The number of nitrogens with zero attached hydrogens (tertiary/aromatic N) is 2. The maximum Gasteiger partial charge on any atom is 0.187 e. The van der Waals surface area contributed by atoms with Crippen LogP contribution >= 0.6 is 0 Å². The molecule has 0 N–H and O–H groups in total. The Hall–Kier alpha value is -2.03. The molecule has 0 aliphatic heterocycles. The third-order valence-corrected chi connectivity index (χ3v) is 2.86. The third-order valence-electron chi connectivity index (χ3n) is 2.86. The van der Waals surface area contributed by atoms with Gasteiger partial charge in [0.1, 0.15) is 5.69 Å². The van der Waals surface area contributed by atoms with E-state index in [1.807, 2.05) is 19.1 Å². The Balaban J connectivity index is 2.08. The number of rotatable bonds is 4. The molecule has 0 aliphatic carbocycles. The van der Waals surface area contributed by atoms with Gasteiger partial charge < -0.3 is 0 Å². The first-order valence-electron chi connectivity index (χ1n) is 6.08. The first-order chi connectivity index (χ1) is 8.69. The lowest BCUT2D eigenvalue weighted by molar-refractivity contribution is 0.0988. The summed E-state index contributed by atoms with van der Waals surface area (Å²) in [7, 11) is 0. The number of hydrogen-bond donors (Lipinski definition) is 0. The van der Waals surface area contributed by atoms with Crippen molar-refractivity contribution in [2.75, 3.05) is 0 Å². The first kappa shape index (κ1) is 12.4. The summed E-state index contributed by atoms with van der Waals surface area (Å²) >= 11 is 0. The van der Waals surface area contributed by atoms with Gasteiger partial charge in [-0.2, -0.15) is 0 Å². The predicted molar refractivity (Wildman–Crippen MR) is 70.6 cm³/mol. The minimum Gasteiger partial charge on any atom is -0.292 e. The fraction of sp³-hybridized carbons (Fsp3) is 0.267. The highest BCUT2D eigenvalue weighted by molar-refractivity contribution is 5.95. The van der Waals surface area contributed by atoms with Gasteiger partial charge in [0.05, 0.1) is 11.9 Å². The quantitative estimate of drug-likeness (QED) is 0.772. The van der Waals surface area contributed by atoms with Crippen LogP contribution in [0.25, 0.3) is 0 Å². The fourth-order valence-corrected chi connectivity index (χ4v) is 1.71. The van der Waals surface area contributed by atoms with E-state index in [4.69, 9.17) is 0 Å². The topological polar surface area (TPSA) is 42.9 Å². The van der Waals surface area contributed by atoms with E-state index in [2.05, 4.69) is 29.0 Å². The molecule has 0 spiro atoms. The van der Waals surface area contributed by atoms with Crippen LogP contribution in [0.1, 0.15) is 34.2 Å². The SMILES string of the molecule is CCc1ccc(CC(=O)c2cnc(C)cn2)cc1. The van der Waals surface area contributed by atoms with Crippen LogP contribution in [-0.4, -0.2) is 15.8 Å². The standard InChI is InChI=1S/C15H16N2O/c1-3-12-4-6-13(7-5-12)8-15(18)14-10-16-11(2)9-17-14/h4-7,9-10H,3,8H2,1-2H3. The van der Waals surface area contributed by atoms with E-state index < -0.39 is 0 Å². The zero-order valence-electron chi connectivity index (χ0n) is 10.7. The van der Waals surface area contributed by atoms with Gasteiger partial charge in [0.2, 0.25) is 0 Å². The highest BCUT2D eigenvalue weighted by Gasteiger charge is 2.08. The molecule has 1 aromatic heterocycles. The van der Waals surface area contributed by atoms with Crippen molar-refractivity contribution in [1.82, 2.24) is 9.97 Å². The van der Waals surface area contributed by atoms with Crippen molar-refractivity contribution in [3.8, 4) is 0 Å². The molecule has 0 atom stereocenters. The molecule has 0 amide bonds. The summed E-state index contributed by atoms with van der Waals surface area (Å²) in [5.41, 5.74) is 3.54. The number of hydrogen-bond acceptors (Lipinski definition) is 3. The Morgan fingerprint density at radius 2 is 1.72 bits per heavy atom. The minimum atomic E-state index is 0.00625. The van der Waals surface area contributed by atoms with Crippen molar-refractivity contribution in [1.29, 1.82) is 0 Å². The highest BCUT2D eigenvalue weighted by atomic mass is 16.1. The van der Waals surface area contributed by atoms with E-state index in [1.54, 1.807) is 6.20 Å². The highest BCUT2D eigenvalue weighted by Crippen LogP contribution is 2.08. The minimum absolute atomic E-state index is 0.00625. The molecule has 18 heavy (non-hydrogen) atoms. The van der Waals surface area contributed by atoms with Crippen LogP contribution in [0.3, 0.4) is 0 Å². The monoisotopic (exact) mass is 240 g/mol. The van der Waals surface area contributed by atoms with E-state index in [0.29, 0.717) is 12.1 Å². The van der Waals surface area contributed by atoms with Gasteiger partial charge in [-0.25, -0.2) is 4.98 Å². The zero-order chi connectivity index (χ0) is 13.0. The number of ketones is 1. The van der Waals surface area contributed by atoms with Gasteiger partial charge in [0.15, 0.2) is 5.78 Å². The number of carbonyl (C=O) groups excluding carboxylic acids is 1. The smallest absolute Gasteiger partial charge is 0.187 e. The van der Waals surface area contributed by atoms with Crippen molar-refractivity contribution in [3.05, 3.63) is 59.2 Å². The lowest BCUT2D eigenvalue weighted by Crippen LogP contribution is -2.06. The van der Waals surface area contributed by atoms with Gasteiger partial charge >= 0.3 is 0 Å². The maximum absolute atomic E-state index is 12.0. The predicted octanol–water partition coefficient (Wildman–Crippen LogP) is 2.77. The summed E-state index contributed by atoms with van der Waals surface area (Å²) < 4.78 is 0. The van der Waals surface area contributed by atoms with E-state index >= 15 is 0 Å². The largest absolute Gasteiger partial charge is 0.292 e. The van der Waals surface area contributed by atoms with E-state index in [0.717, 1.165) is 17.7 Å². The van der Waals surface area contributed by atoms with Crippen LogP contribution in [0.4, 0.5) is 0 Å². The molecule has 1 aromatic carbocycles. The van der Waals surface area contributed by atoms with Gasteiger partial charge in [0.25, 0.3) is 0 Å². The number of benzene rings is 1. The van der Waals surface area contributed by atoms with Crippen LogP contribution < -0.4 is 0 Å². The average Bonchev–Trinajstić information content (AvgIpc) is 2.40. The summed E-state index contributed by atoms with van der Waals surface area (Å²) in [5, 5.41) is 0. The molecule has 1 heterocycles. The Morgan fingerprint density at radius 1 is 1.06 bits per heavy atom. The molecule has 0 saturated heterocycles. The second kappa shape index (κ2) is 5.54. The molecule has 0 radical (unpaired) electrons. The number of aromatic nitrogens is 2. The number of aryl methyl sites for hydroxylation is 2. The van der Waals surface area contributed by atoms with Crippen LogP contribution in [-0.2, 0) is 12.8 Å². The van der Waals surface area contributed by atoms with Gasteiger partial charge in [-0.1, -0.05) is 31.2 Å². The Morgan fingerprint density at radius 3 is 2.28 bits per heavy atom. The molecule has 0 saturated carbocycles. The van der Waals surface area contributed by atoms with E-state index in [-0.39, 0.29) is 5.78 Å². The van der Waals surface area contributed by atoms with Crippen molar-refractivity contribution in [3.63, 3.8) is 0 Å². The fourth-order valence-electron chi connectivity index (χ4n) is 1.71. The zero-order valence-corrected chi connectivity index (χ0v) is 10.7. The summed E-state index contributed by atoms with van der Waals surface area (Å²) in [5.74, 6) is 0.00625. The lowest BCUT2D eigenvalue weighted by atomic mass is 10.0. The molecular weight excluding hydrogens is 224 g/mol.